The molecule has 0 bridgehead atoms. The van der Waals surface area contributed by atoms with Crippen molar-refractivity contribution in [3.05, 3.63) is 50.9 Å². The van der Waals surface area contributed by atoms with Gasteiger partial charge in [0.05, 0.1) is 19.3 Å². The Hall–Kier alpha value is -1.25. The van der Waals surface area contributed by atoms with Crippen LogP contribution in [0.3, 0.4) is 0 Å². The zero-order valence-electron chi connectivity index (χ0n) is 15.9. The van der Waals surface area contributed by atoms with E-state index in [1.165, 1.54) is 14.7 Å². The topological polar surface area (TPSA) is 41.5 Å². The van der Waals surface area contributed by atoms with Gasteiger partial charge < -0.3 is 4.74 Å². The first-order valence-electron chi connectivity index (χ1n) is 9.22. The van der Waals surface area contributed by atoms with Gasteiger partial charge in [-0.3, -0.25) is 5.01 Å². The highest BCUT2D eigenvalue weighted by molar-refractivity contribution is 14.1. The van der Waals surface area contributed by atoms with E-state index in [1.54, 1.807) is 0 Å². The minimum Gasteiger partial charge on any atom is -0.378 e. The normalized spacial score (nSPS) is 18.3. The van der Waals surface area contributed by atoms with Crippen molar-refractivity contribution in [3.8, 4) is 0 Å². The average molecular weight is 466 g/mol. The Labute approximate surface area is 169 Å². The van der Waals surface area contributed by atoms with Gasteiger partial charge in [-0.15, -0.1) is 0 Å². The van der Waals surface area contributed by atoms with Crippen LogP contribution in [-0.4, -0.2) is 41.3 Å². The molecule has 6 heteroatoms. The van der Waals surface area contributed by atoms with Gasteiger partial charge in [0, 0.05) is 28.6 Å². The molecule has 1 aliphatic rings. The smallest absolute Gasteiger partial charge is 0.240 e. The van der Waals surface area contributed by atoms with Gasteiger partial charge >= 0.3 is 0 Å². The SMILES string of the molecule is CCN(c1nccc(C)n1)N1CCOCC1c1ccc(C(C)C)cc1I. The lowest BCUT2D eigenvalue weighted by molar-refractivity contribution is -0.0155. The largest absolute Gasteiger partial charge is 0.378 e. The lowest BCUT2D eigenvalue weighted by Gasteiger charge is -2.43. The summed E-state index contributed by atoms with van der Waals surface area (Å²) in [5.74, 6) is 1.29. The van der Waals surface area contributed by atoms with Gasteiger partial charge in [-0.25, -0.2) is 15.0 Å². The molecule has 3 rings (SSSR count). The minimum atomic E-state index is 0.168. The fraction of sp³-hybridized carbons (Fsp3) is 0.500. The van der Waals surface area contributed by atoms with Crippen molar-refractivity contribution < 1.29 is 4.74 Å². The van der Waals surface area contributed by atoms with E-state index < -0.39 is 0 Å². The standard InChI is InChI=1S/C20H27IN4O/c1-5-24(20-22-9-8-15(4)23-20)25-10-11-26-13-19(25)17-7-6-16(14(2)3)12-18(17)21/h6-9,12,14,19H,5,10-11,13H2,1-4H3. The Morgan fingerprint density at radius 1 is 1.35 bits per heavy atom. The molecule has 1 aliphatic heterocycles. The van der Waals surface area contributed by atoms with Crippen molar-refractivity contribution in [1.82, 2.24) is 15.0 Å². The minimum absolute atomic E-state index is 0.168. The van der Waals surface area contributed by atoms with Gasteiger partial charge in [-0.1, -0.05) is 26.0 Å². The molecule has 1 aromatic carbocycles. The first-order chi connectivity index (χ1) is 12.5. The zero-order chi connectivity index (χ0) is 18.7. The third-order valence-electron chi connectivity index (χ3n) is 4.77. The number of aromatic nitrogens is 2. The van der Waals surface area contributed by atoms with E-state index in [9.17, 15) is 0 Å². The first-order valence-corrected chi connectivity index (χ1v) is 10.3. The van der Waals surface area contributed by atoms with Crippen LogP contribution < -0.4 is 5.01 Å². The van der Waals surface area contributed by atoms with E-state index in [4.69, 9.17) is 4.74 Å². The van der Waals surface area contributed by atoms with Crippen LogP contribution >= 0.6 is 22.6 Å². The first kappa shape index (κ1) is 19.5. The van der Waals surface area contributed by atoms with Crippen LogP contribution in [0.5, 0.6) is 0 Å². The predicted molar refractivity (Wildman–Crippen MR) is 113 cm³/mol. The third-order valence-corrected chi connectivity index (χ3v) is 5.71. The summed E-state index contributed by atoms with van der Waals surface area (Å²) < 4.78 is 7.13. The molecule has 1 aromatic heterocycles. The monoisotopic (exact) mass is 466 g/mol. The summed E-state index contributed by atoms with van der Waals surface area (Å²) >= 11 is 2.46. The van der Waals surface area contributed by atoms with Crippen molar-refractivity contribution in [2.45, 2.75) is 39.7 Å². The molecular weight excluding hydrogens is 439 g/mol. The number of hydrogen-bond donors (Lipinski definition) is 0. The van der Waals surface area contributed by atoms with Crippen molar-refractivity contribution in [3.63, 3.8) is 0 Å². The molecule has 0 radical (unpaired) electrons. The number of hydrogen-bond acceptors (Lipinski definition) is 5. The molecule has 1 atom stereocenters. The molecule has 0 amide bonds. The number of hydrazine groups is 1. The second kappa shape index (κ2) is 8.63. The molecule has 140 valence electrons. The van der Waals surface area contributed by atoms with Crippen LogP contribution in [0.1, 0.15) is 49.6 Å². The highest BCUT2D eigenvalue weighted by Gasteiger charge is 2.31. The zero-order valence-corrected chi connectivity index (χ0v) is 18.1. The van der Waals surface area contributed by atoms with E-state index in [-0.39, 0.29) is 6.04 Å². The van der Waals surface area contributed by atoms with Crippen LogP contribution in [0, 0.1) is 10.5 Å². The number of morpholine rings is 1. The molecule has 26 heavy (non-hydrogen) atoms. The molecule has 0 aliphatic carbocycles. The second-order valence-electron chi connectivity index (χ2n) is 6.90. The number of halogens is 1. The summed E-state index contributed by atoms with van der Waals surface area (Å²) in [6.45, 7) is 11.7. The average Bonchev–Trinajstić information content (AvgIpc) is 2.63. The van der Waals surface area contributed by atoms with Gasteiger partial charge in [0.15, 0.2) is 0 Å². The summed E-state index contributed by atoms with van der Waals surface area (Å²) in [5.41, 5.74) is 3.66. The maximum absolute atomic E-state index is 5.84. The molecule has 5 nitrogen and oxygen atoms in total. The number of anilines is 1. The maximum Gasteiger partial charge on any atom is 0.240 e. The Morgan fingerprint density at radius 3 is 2.81 bits per heavy atom. The van der Waals surface area contributed by atoms with Crippen LogP contribution in [0.25, 0.3) is 0 Å². The summed E-state index contributed by atoms with van der Waals surface area (Å²) in [6.07, 6.45) is 1.83. The third kappa shape index (κ3) is 4.18. The van der Waals surface area contributed by atoms with Crippen molar-refractivity contribution in [2.24, 2.45) is 0 Å². The molecule has 2 aromatic rings. The van der Waals surface area contributed by atoms with Gasteiger partial charge in [0.1, 0.15) is 0 Å². The second-order valence-corrected chi connectivity index (χ2v) is 8.07. The molecule has 0 spiro atoms. The van der Waals surface area contributed by atoms with Gasteiger partial charge in [-0.2, -0.15) is 0 Å². The van der Waals surface area contributed by atoms with E-state index in [0.29, 0.717) is 12.5 Å². The van der Waals surface area contributed by atoms with E-state index in [1.807, 2.05) is 19.2 Å². The van der Waals surface area contributed by atoms with Gasteiger partial charge in [-0.05, 0) is 65.6 Å². The van der Waals surface area contributed by atoms with Crippen LogP contribution in [0.4, 0.5) is 5.95 Å². The summed E-state index contributed by atoms with van der Waals surface area (Å²) in [4.78, 5) is 9.14. The van der Waals surface area contributed by atoms with Crippen LogP contribution in [0.2, 0.25) is 0 Å². The fourth-order valence-electron chi connectivity index (χ4n) is 3.30. The Morgan fingerprint density at radius 2 is 2.15 bits per heavy atom. The number of rotatable bonds is 5. The number of ether oxygens (including phenoxy) is 1. The summed E-state index contributed by atoms with van der Waals surface area (Å²) in [7, 11) is 0. The molecule has 1 saturated heterocycles. The lowest BCUT2D eigenvalue weighted by Crippen LogP contribution is -2.51. The molecular formula is C20H27IN4O. The van der Waals surface area contributed by atoms with Crippen molar-refractivity contribution >= 4 is 28.5 Å². The molecule has 0 N–H and O–H groups in total. The summed E-state index contributed by atoms with van der Waals surface area (Å²) in [6, 6.07) is 8.90. The van der Waals surface area contributed by atoms with E-state index >= 15 is 0 Å². The van der Waals surface area contributed by atoms with Crippen molar-refractivity contribution in [1.29, 1.82) is 0 Å². The maximum atomic E-state index is 5.84. The van der Waals surface area contributed by atoms with Crippen LogP contribution in [0.15, 0.2) is 30.5 Å². The lowest BCUT2D eigenvalue weighted by atomic mass is 9.98. The van der Waals surface area contributed by atoms with E-state index in [2.05, 4.69) is 81.5 Å². The number of nitrogens with zero attached hydrogens (tertiary/aromatic N) is 4. The molecule has 2 heterocycles. The van der Waals surface area contributed by atoms with Gasteiger partial charge in [0.25, 0.3) is 0 Å². The Balaban J connectivity index is 1.94. The molecule has 1 fully saturated rings. The van der Waals surface area contributed by atoms with Crippen molar-refractivity contribution in [2.75, 3.05) is 31.3 Å². The number of benzene rings is 1. The highest BCUT2D eigenvalue weighted by Crippen LogP contribution is 2.32. The summed E-state index contributed by atoms with van der Waals surface area (Å²) in [5, 5.41) is 4.55. The number of aryl methyl sites for hydroxylation is 1. The molecule has 1 unspecified atom stereocenters. The predicted octanol–water partition coefficient (Wildman–Crippen LogP) is 4.33. The quantitative estimate of drug-likeness (QED) is 0.614. The van der Waals surface area contributed by atoms with Crippen LogP contribution in [-0.2, 0) is 4.74 Å². The Kier molecular flexibility index (Phi) is 6.47. The van der Waals surface area contributed by atoms with Gasteiger partial charge in [0.2, 0.25) is 5.95 Å². The fourth-order valence-corrected chi connectivity index (χ4v) is 4.20. The Bertz CT molecular complexity index is 752. The highest BCUT2D eigenvalue weighted by atomic mass is 127. The molecule has 0 saturated carbocycles. The van der Waals surface area contributed by atoms with E-state index in [0.717, 1.165) is 31.3 Å².